The van der Waals surface area contributed by atoms with E-state index >= 15 is 0 Å². The lowest BCUT2D eigenvalue weighted by atomic mass is 9.94. The van der Waals surface area contributed by atoms with Crippen LogP contribution in [0.2, 0.25) is 0 Å². The molecule has 1 unspecified atom stereocenters. The Hall–Kier alpha value is -1.39. The molecule has 1 atom stereocenters. The molecule has 1 heterocycles. The van der Waals surface area contributed by atoms with Gasteiger partial charge in [-0.15, -0.1) is 0 Å². The average Bonchev–Trinajstić information content (AvgIpc) is 2.65. The monoisotopic (exact) mass is 343 g/mol. The Bertz CT molecular complexity index is 541. The van der Waals surface area contributed by atoms with Crippen molar-refractivity contribution in [2.45, 2.75) is 51.1 Å². The summed E-state index contributed by atoms with van der Waals surface area (Å²) in [5.41, 5.74) is 1.32. The second kappa shape index (κ2) is 8.81. The van der Waals surface area contributed by atoms with Crippen molar-refractivity contribution >= 4 is 5.91 Å². The summed E-state index contributed by atoms with van der Waals surface area (Å²) < 4.78 is 0. The highest BCUT2D eigenvalue weighted by atomic mass is 16.2. The Balaban J connectivity index is 1.69. The van der Waals surface area contributed by atoms with Gasteiger partial charge in [0.1, 0.15) is 0 Å². The lowest BCUT2D eigenvalue weighted by molar-refractivity contribution is -0.136. The first kappa shape index (κ1) is 18.4. The van der Waals surface area contributed by atoms with Gasteiger partial charge < -0.3 is 9.80 Å². The third kappa shape index (κ3) is 4.62. The zero-order valence-electron chi connectivity index (χ0n) is 15.9. The van der Waals surface area contributed by atoms with E-state index in [1.54, 1.807) is 0 Å². The van der Waals surface area contributed by atoms with Gasteiger partial charge in [0.2, 0.25) is 5.91 Å². The molecular formula is C21H33N3O. The zero-order valence-corrected chi connectivity index (χ0v) is 15.9. The van der Waals surface area contributed by atoms with Crippen molar-refractivity contribution in [3.63, 3.8) is 0 Å². The maximum absolute atomic E-state index is 13.1. The Morgan fingerprint density at radius 1 is 1.12 bits per heavy atom. The fourth-order valence-electron chi connectivity index (χ4n) is 4.43. The molecule has 2 fully saturated rings. The number of hydrogen-bond donors (Lipinski definition) is 0. The van der Waals surface area contributed by atoms with Crippen molar-refractivity contribution in [2.24, 2.45) is 0 Å². The molecule has 0 spiro atoms. The second-order valence-electron chi connectivity index (χ2n) is 7.63. The molecule has 0 aromatic heterocycles. The van der Waals surface area contributed by atoms with Gasteiger partial charge in [0.25, 0.3) is 0 Å². The number of amides is 1. The molecule has 1 aromatic rings. The SMILES string of the molecule is CCN(C(=O)CN1CCN(C)CC1c1ccccc1)C1CCCCC1. The minimum Gasteiger partial charge on any atom is -0.339 e. The molecule has 1 aliphatic heterocycles. The van der Waals surface area contributed by atoms with E-state index in [9.17, 15) is 4.79 Å². The van der Waals surface area contributed by atoms with Gasteiger partial charge >= 0.3 is 0 Å². The van der Waals surface area contributed by atoms with Crippen LogP contribution in [0.4, 0.5) is 0 Å². The van der Waals surface area contributed by atoms with Crippen molar-refractivity contribution in [1.82, 2.24) is 14.7 Å². The summed E-state index contributed by atoms with van der Waals surface area (Å²) in [6.45, 7) is 6.51. The van der Waals surface area contributed by atoms with Crippen molar-refractivity contribution < 1.29 is 4.79 Å². The largest absolute Gasteiger partial charge is 0.339 e. The van der Waals surface area contributed by atoms with Crippen LogP contribution in [-0.4, -0.2) is 66.4 Å². The van der Waals surface area contributed by atoms with E-state index in [-0.39, 0.29) is 0 Å². The van der Waals surface area contributed by atoms with Crippen LogP contribution in [0.25, 0.3) is 0 Å². The fraction of sp³-hybridized carbons (Fsp3) is 0.667. The number of carbonyl (C=O) groups is 1. The van der Waals surface area contributed by atoms with Crippen LogP contribution in [-0.2, 0) is 4.79 Å². The normalized spacial score (nSPS) is 23.5. The van der Waals surface area contributed by atoms with E-state index in [0.29, 0.717) is 24.5 Å². The molecule has 2 aliphatic rings. The van der Waals surface area contributed by atoms with Crippen LogP contribution in [0, 0.1) is 0 Å². The minimum absolute atomic E-state index is 0.314. The van der Waals surface area contributed by atoms with Crippen LogP contribution in [0.3, 0.4) is 0 Å². The fourth-order valence-corrected chi connectivity index (χ4v) is 4.43. The van der Waals surface area contributed by atoms with Gasteiger partial charge in [0, 0.05) is 38.3 Å². The Morgan fingerprint density at radius 2 is 1.84 bits per heavy atom. The standard InChI is InChI=1S/C21H33N3O/c1-3-24(19-12-8-5-9-13-19)21(25)17-23-15-14-22(2)16-20(23)18-10-6-4-7-11-18/h4,6-7,10-11,19-20H,3,5,8-9,12-17H2,1-2H3. The first-order valence-corrected chi connectivity index (χ1v) is 9.96. The third-order valence-corrected chi connectivity index (χ3v) is 5.89. The van der Waals surface area contributed by atoms with Crippen molar-refractivity contribution in [2.75, 3.05) is 39.8 Å². The van der Waals surface area contributed by atoms with Gasteiger partial charge in [-0.3, -0.25) is 9.69 Å². The number of carbonyl (C=O) groups excluding carboxylic acids is 1. The summed E-state index contributed by atoms with van der Waals surface area (Å²) in [5, 5.41) is 0. The van der Waals surface area contributed by atoms with Gasteiger partial charge in [0.15, 0.2) is 0 Å². The summed E-state index contributed by atoms with van der Waals surface area (Å²) >= 11 is 0. The first-order valence-electron chi connectivity index (χ1n) is 9.96. The van der Waals surface area contributed by atoms with E-state index in [4.69, 9.17) is 0 Å². The van der Waals surface area contributed by atoms with E-state index in [1.165, 1.54) is 37.7 Å². The molecule has 138 valence electrons. The molecule has 1 aliphatic carbocycles. The van der Waals surface area contributed by atoms with E-state index < -0.39 is 0 Å². The molecule has 25 heavy (non-hydrogen) atoms. The van der Waals surface area contributed by atoms with Crippen LogP contribution in [0.1, 0.15) is 50.6 Å². The third-order valence-electron chi connectivity index (χ3n) is 5.89. The van der Waals surface area contributed by atoms with Crippen molar-refractivity contribution in [1.29, 1.82) is 0 Å². The molecule has 1 aromatic carbocycles. The quantitative estimate of drug-likeness (QED) is 0.822. The van der Waals surface area contributed by atoms with E-state index in [1.807, 2.05) is 0 Å². The number of piperazine rings is 1. The van der Waals surface area contributed by atoms with E-state index in [2.05, 4.69) is 59.0 Å². The summed E-state index contributed by atoms with van der Waals surface area (Å²) in [5.74, 6) is 0.319. The first-order chi connectivity index (χ1) is 12.2. The Morgan fingerprint density at radius 3 is 2.52 bits per heavy atom. The summed E-state index contributed by atoms with van der Waals surface area (Å²) in [4.78, 5) is 20.0. The average molecular weight is 344 g/mol. The number of benzene rings is 1. The molecule has 1 saturated carbocycles. The van der Waals surface area contributed by atoms with E-state index in [0.717, 1.165) is 26.2 Å². The Kier molecular flexibility index (Phi) is 6.49. The molecule has 0 radical (unpaired) electrons. The maximum Gasteiger partial charge on any atom is 0.237 e. The van der Waals surface area contributed by atoms with Crippen LogP contribution in [0.15, 0.2) is 30.3 Å². The predicted octanol–water partition coefficient (Wildman–Crippen LogP) is 3.16. The highest BCUT2D eigenvalue weighted by molar-refractivity contribution is 5.78. The maximum atomic E-state index is 13.1. The summed E-state index contributed by atoms with van der Waals surface area (Å²) in [6, 6.07) is 11.4. The van der Waals surface area contributed by atoms with Crippen LogP contribution < -0.4 is 0 Å². The smallest absolute Gasteiger partial charge is 0.237 e. The number of rotatable bonds is 5. The van der Waals surface area contributed by atoms with Gasteiger partial charge in [-0.2, -0.15) is 0 Å². The van der Waals surface area contributed by atoms with Crippen LogP contribution >= 0.6 is 0 Å². The summed E-state index contributed by atoms with van der Waals surface area (Å²) in [7, 11) is 2.18. The molecule has 4 nitrogen and oxygen atoms in total. The van der Waals surface area contributed by atoms with Crippen molar-refractivity contribution in [3.05, 3.63) is 35.9 Å². The van der Waals surface area contributed by atoms with Gasteiger partial charge in [-0.1, -0.05) is 49.6 Å². The minimum atomic E-state index is 0.314. The zero-order chi connectivity index (χ0) is 17.6. The van der Waals surface area contributed by atoms with Gasteiger partial charge in [-0.25, -0.2) is 0 Å². The molecule has 4 heteroatoms. The van der Waals surface area contributed by atoms with Gasteiger partial charge in [-0.05, 0) is 32.4 Å². The second-order valence-corrected chi connectivity index (χ2v) is 7.63. The molecular weight excluding hydrogens is 310 g/mol. The van der Waals surface area contributed by atoms with Gasteiger partial charge in [0.05, 0.1) is 6.54 Å². The topological polar surface area (TPSA) is 26.8 Å². The molecule has 0 N–H and O–H groups in total. The molecule has 0 bridgehead atoms. The molecule has 1 saturated heterocycles. The number of hydrogen-bond acceptors (Lipinski definition) is 3. The lowest BCUT2D eigenvalue weighted by Crippen LogP contribution is -2.52. The molecule has 1 amide bonds. The highest BCUT2D eigenvalue weighted by Crippen LogP contribution is 2.26. The molecule has 3 rings (SSSR count). The van der Waals surface area contributed by atoms with Crippen LogP contribution in [0.5, 0.6) is 0 Å². The summed E-state index contributed by atoms with van der Waals surface area (Å²) in [6.07, 6.45) is 6.25. The lowest BCUT2D eigenvalue weighted by Gasteiger charge is -2.41. The highest BCUT2D eigenvalue weighted by Gasteiger charge is 2.31. The predicted molar refractivity (Wildman–Crippen MR) is 103 cm³/mol. The number of likely N-dealkylation sites (N-methyl/N-ethyl adjacent to an activating group) is 2. The Labute approximate surface area is 152 Å². The number of nitrogens with zero attached hydrogens (tertiary/aromatic N) is 3. The van der Waals surface area contributed by atoms with Crippen molar-refractivity contribution in [3.8, 4) is 0 Å².